The molecule has 0 spiro atoms. The number of hydrogen-bond acceptors (Lipinski definition) is 6. The Morgan fingerprint density at radius 2 is 0.264 bits per heavy atom. The fourth-order valence-corrected chi connectivity index (χ4v) is 10.9. The van der Waals surface area contributed by atoms with E-state index in [4.69, 9.17) is 28.4 Å². The number of ether oxygens (including phenoxy) is 6. The maximum atomic E-state index is 6.26. The van der Waals surface area contributed by atoms with E-state index in [0.717, 1.165) is 77.9 Å². The third kappa shape index (κ3) is 7.83. The van der Waals surface area contributed by atoms with Crippen molar-refractivity contribution in [2.24, 2.45) is 0 Å². The summed E-state index contributed by atoms with van der Waals surface area (Å²) < 4.78 is 37.5. The molecule has 19 aliphatic carbocycles. The summed E-state index contributed by atoms with van der Waals surface area (Å²) in [6, 6.07) is 60.2. The Kier molecular flexibility index (Phi) is 12.0. The molecule has 0 fully saturated rings. The molecule has 7 aromatic carbocycles. The number of benzene rings is 7. The Bertz CT molecular complexity index is 3000. The van der Waals surface area contributed by atoms with Crippen LogP contribution in [0.15, 0.2) is 243 Å². The molecule has 7 aromatic rings. The Morgan fingerprint density at radius 1 is 0.167 bits per heavy atom. The van der Waals surface area contributed by atoms with E-state index in [1.54, 1.807) is 42.7 Å². The maximum Gasteiger partial charge on any atom is 0.129 e. The molecule has 6 nitrogen and oxygen atoms in total. The number of rotatable bonds is 6. The second-order valence-corrected chi connectivity index (χ2v) is 19.0. The van der Waals surface area contributed by atoms with Gasteiger partial charge in [-0.05, 0) is 151 Å². The van der Waals surface area contributed by atoms with Crippen LogP contribution in [0.5, 0.6) is 0 Å². The Morgan fingerprint density at radius 3 is 0.361 bits per heavy atom. The van der Waals surface area contributed by atoms with Crippen LogP contribution in [0, 0.1) is 0 Å². The van der Waals surface area contributed by atoms with Crippen LogP contribution in [0.3, 0.4) is 0 Å². The highest BCUT2D eigenvalue weighted by molar-refractivity contribution is 5.72. The third-order valence-corrected chi connectivity index (χ3v) is 15.7. The van der Waals surface area contributed by atoms with Crippen molar-refractivity contribution in [1.29, 1.82) is 0 Å². The van der Waals surface area contributed by atoms with Gasteiger partial charge in [0.25, 0.3) is 0 Å². The molecule has 0 unspecified atom stereocenters. The molecule has 0 saturated heterocycles. The highest BCUT2D eigenvalue weighted by Gasteiger charge is 2.39. The van der Waals surface area contributed by atoms with Crippen molar-refractivity contribution in [2.75, 3.05) is 42.7 Å². The van der Waals surface area contributed by atoms with Gasteiger partial charge >= 0.3 is 0 Å². The second kappa shape index (κ2) is 18.4. The first-order chi connectivity index (χ1) is 35.1. The van der Waals surface area contributed by atoms with Gasteiger partial charge in [0.1, 0.15) is 33.6 Å². The van der Waals surface area contributed by atoms with Gasteiger partial charge in [-0.15, -0.1) is 0 Å². The zero-order valence-electron chi connectivity index (χ0n) is 41.5. The SMILES string of the molecule is COC12C=CC(OC)(C=C1)c1ccc(cc1)-c1ccc(cc1)C1(OC)C=CC(OC)(C=C1)c1ccc(cc1)-c1ccc(cc1)C1(OC)C=CC(OC)(C=C1)c1ccc(cc1)-c1ccc(cc1)-c1ccc2cc1. The van der Waals surface area contributed by atoms with Crippen molar-refractivity contribution >= 4 is 0 Å². The molecule has 26 rings (SSSR count). The van der Waals surface area contributed by atoms with Crippen molar-refractivity contribution in [3.63, 3.8) is 0 Å². The predicted octanol–water partition coefficient (Wildman–Crippen LogP) is 14.2. The molecule has 19 aliphatic rings. The minimum Gasteiger partial charge on any atom is -0.365 e. The van der Waals surface area contributed by atoms with Crippen LogP contribution in [-0.2, 0) is 62.0 Å². The van der Waals surface area contributed by atoms with Gasteiger partial charge in [0.2, 0.25) is 0 Å². The van der Waals surface area contributed by atoms with Gasteiger partial charge in [-0.25, -0.2) is 0 Å². The van der Waals surface area contributed by atoms with Crippen molar-refractivity contribution in [2.45, 2.75) is 33.6 Å². The molecule has 6 heteroatoms. The van der Waals surface area contributed by atoms with Crippen molar-refractivity contribution in [1.82, 2.24) is 0 Å². The lowest BCUT2D eigenvalue weighted by Gasteiger charge is -2.36. The summed E-state index contributed by atoms with van der Waals surface area (Å²) in [5, 5.41) is 0. The van der Waals surface area contributed by atoms with E-state index in [2.05, 4.69) is 243 Å². The van der Waals surface area contributed by atoms with Crippen LogP contribution in [0.25, 0.3) is 44.5 Å². The second-order valence-electron chi connectivity index (χ2n) is 19.0. The molecule has 0 atom stereocenters. The van der Waals surface area contributed by atoms with Crippen LogP contribution in [0.1, 0.15) is 33.4 Å². The zero-order valence-corrected chi connectivity index (χ0v) is 41.5. The lowest BCUT2D eigenvalue weighted by Crippen LogP contribution is -2.33. The van der Waals surface area contributed by atoms with E-state index in [1.165, 1.54) is 0 Å². The average Bonchev–Trinajstić information content (AvgIpc) is 3.47. The molecule has 0 aromatic heterocycles. The van der Waals surface area contributed by atoms with Crippen LogP contribution < -0.4 is 0 Å². The molecular weight excluding hydrogens is 889 g/mol. The molecule has 0 aliphatic heterocycles. The summed E-state index contributed by atoms with van der Waals surface area (Å²) in [5.74, 6) is 0. The summed E-state index contributed by atoms with van der Waals surface area (Å²) in [7, 11) is 10.5. The van der Waals surface area contributed by atoms with E-state index >= 15 is 0 Å². The first-order valence-corrected chi connectivity index (χ1v) is 24.4. The predicted molar refractivity (Wildman–Crippen MR) is 288 cm³/mol. The summed E-state index contributed by atoms with van der Waals surface area (Å²) >= 11 is 0. The Labute approximate surface area is 423 Å². The lowest BCUT2D eigenvalue weighted by molar-refractivity contribution is 0.0421. The van der Waals surface area contributed by atoms with Gasteiger partial charge < -0.3 is 28.4 Å². The lowest BCUT2D eigenvalue weighted by atomic mass is 9.80. The Hall–Kier alpha value is -7.26. The number of hydrogen-bond donors (Lipinski definition) is 0. The van der Waals surface area contributed by atoms with Crippen LogP contribution in [0.2, 0.25) is 0 Å². The van der Waals surface area contributed by atoms with Crippen molar-refractivity contribution in [3.8, 4) is 44.5 Å². The zero-order chi connectivity index (χ0) is 49.6. The first-order valence-electron chi connectivity index (χ1n) is 24.4. The minimum atomic E-state index is -0.769. The van der Waals surface area contributed by atoms with E-state index in [0.29, 0.717) is 0 Å². The maximum absolute atomic E-state index is 6.26. The van der Waals surface area contributed by atoms with Gasteiger partial charge in [-0.3, -0.25) is 0 Å². The van der Waals surface area contributed by atoms with Crippen LogP contribution in [-0.4, -0.2) is 42.7 Å². The monoisotopic (exact) mass is 946 g/mol. The quantitative estimate of drug-likeness (QED) is 0.155. The molecule has 0 radical (unpaired) electrons. The smallest absolute Gasteiger partial charge is 0.129 e. The molecular formula is C66H58O6. The van der Waals surface area contributed by atoms with Gasteiger partial charge in [-0.2, -0.15) is 0 Å². The fourth-order valence-electron chi connectivity index (χ4n) is 10.9. The summed E-state index contributed by atoms with van der Waals surface area (Å²) in [4.78, 5) is 0. The van der Waals surface area contributed by atoms with Gasteiger partial charge in [-0.1, -0.05) is 170 Å². The topological polar surface area (TPSA) is 55.4 Å². The van der Waals surface area contributed by atoms with Gasteiger partial charge in [0.15, 0.2) is 0 Å². The van der Waals surface area contributed by atoms with E-state index in [9.17, 15) is 0 Å². The molecule has 358 valence electrons. The summed E-state index contributed by atoms with van der Waals surface area (Å²) in [5.41, 5.74) is 10.4. The van der Waals surface area contributed by atoms with Gasteiger partial charge in [0.05, 0.1) is 0 Å². The fraction of sp³-hybridized carbons (Fsp3) is 0.182. The van der Waals surface area contributed by atoms with Crippen molar-refractivity contribution < 1.29 is 28.4 Å². The molecule has 0 saturated carbocycles. The van der Waals surface area contributed by atoms with E-state index in [1.807, 2.05) is 0 Å². The molecule has 72 heavy (non-hydrogen) atoms. The molecule has 20 bridgehead atoms. The first kappa shape index (κ1) is 47.1. The summed E-state index contributed by atoms with van der Waals surface area (Å²) in [6.07, 6.45) is 25.2. The minimum absolute atomic E-state index is 0.756. The largest absolute Gasteiger partial charge is 0.365 e. The molecule has 0 heterocycles. The highest BCUT2D eigenvalue weighted by atomic mass is 16.5. The Balaban J connectivity index is 0.942. The highest BCUT2D eigenvalue weighted by Crippen LogP contribution is 2.45. The van der Waals surface area contributed by atoms with Crippen LogP contribution >= 0.6 is 0 Å². The van der Waals surface area contributed by atoms with Crippen LogP contribution in [0.4, 0.5) is 0 Å². The summed E-state index contributed by atoms with van der Waals surface area (Å²) in [6.45, 7) is 0. The molecule has 0 N–H and O–H groups in total. The number of methoxy groups -OCH3 is 6. The molecule has 0 amide bonds. The van der Waals surface area contributed by atoms with Crippen molar-refractivity contribution in [3.05, 3.63) is 276 Å². The van der Waals surface area contributed by atoms with Gasteiger partial charge in [0, 0.05) is 42.7 Å². The third-order valence-electron chi connectivity index (χ3n) is 15.7. The standard InChI is InChI=1S/C66H58O6/c1-67-61-35-39-63(69-3,40-36-61)57-27-15-51(16-28-57)53-19-31-59(32-20-53)65(71-5)43-45-66(72-6,46-44-65)60-33-21-54(22-34-60)52-17-29-58(30-18-52)64(70-4)41-37-62(68-2,38-42-64)56-25-13-50(14-26-56)48-9-7-47(8-10-48)49-11-23-55(61)24-12-49/h7-46H,1-6H3. The van der Waals surface area contributed by atoms with E-state index in [-0.39, 0.29) is 0 Å². The van der Waals surface area contributed by atoms with E-state index < -0.39 is 33.6 Å². The normalized spacial score (nSPS) is 26.5. The average molecular weight is 947 g/mol.